The third-order valence-corrected chi connectivity index (χ3v) is 5.05. The average Bonchev–Trinajstić information content (AvgIpc) is 2.45. The topological polar surface area (TPSA) is 64.0 Å². The van der Waals surface area contributed by atoms with Crippen LogP contribution in [-0.4, -0.2) is 23.5 Å². The van der Waals surface area contributed by atoms with Crippen LogP contribution < -0.4 is 4.72 Å². The first kappa shape index (κ1) is 11.9. The first-order valence-electron chi connectivity index (χ1n) is 5.05. The van der Waals surface area contributed by atoms with E-state index in [1.54, 1.807) is 7.05 Å². The van der Waals surface area contributed by atoms with E-state index in [9.17, 15) is 8.42 Å². The van der Waals surface area contributed by atoms with Crippen molar-refractivity contribution in [2.24, 2.45) is 7.05 Å². The Hall–Kier alpha value is -0.590. The third kappa shape index (κ3) is 1.97. The molecule has 0 atom stereocenters. The minimum atomic E-state index is -3.60. The maximum Gasteiger partial charge on any atom is 0.261 e. The number of imidazole rings is 1. The van der Waals surface area contributed by atoms with Crippen LogP contribution in [0.4, 0.5) is 0 Å². The van der Waals surface area contributed by atoms with Gasteiger partial charge >= 0.3 is 0 Å². The fourth-order valence-electron chi connectivity index (χ4n) is 1.76. The summed E-state index contributed by atoms with van der Waals surface area (Å²) >= 11 is 5.86. The van der Waals surface area contributed by atoms with E-state index >= 15 is 0 Å². The molecule has 0 saturated heterocycles. The van der Waals surface area contributed by atoms with E-state index in [0.29, 0.717) is 0 Å². The van der Waals surface area contributed by atoms with Crippen LogP contribution in [0.25, 0.3) is 0 Å². The number of hydrogen-bond acceptors (Lipinski definition) is 3. The number of nitrogens with one attached hydrogen (secondary N) is 1. The van der Waals surface area contributed by atoms with Crippen molar-refractivity contribution in [2.75, 3.05) is 0 Å². The molecule has 2 rings (SSSR count). The normalized spacial score (nSPS) is 19.4. The fourth-order valence-corrected chi connectivity index (χ4v) is 3.65. The van der Waals surface area contributed by atoms with E-state index in [0.717, 1.165) is 19.3 Å². The Morgan fingerprint density at radius 3 is 2.56 bits per heavy atom. The number of aromatic nitrogens is 2. The minimum absolute atomic E-state index is 0.0928. The summed E-state index contributed by atoms with van der Waals surface area (Å²) < 4.78 is 28.1. The van der Waals surface area contributed by atoms with Gasteiger partial charge in [-0.2, -0.15) is 0 Å². The Bertz CT molecular complexity index is 505. The van der Waals surface area contributed by atoms with E-state index in [2.05, 4.69) is 9.71 Å². The lowest BCUT2D eigenvalue weighted by Gasteiger charge is -2.38. The van der Waals surface area contributed by atoms with E-state index < -0.39 is 10.0 Å². The van der Waals surface area contributed by atoms with Crippen LogP contribution in [0.5, 0.6) is 0 Å². The number of sulfonamides is 1. The zero-order valence-electron chi connectivity index (χ0n) is 9.20. The van der Waals surface area contributed by atoms with Gasteiger partial charge in [-0.25, -0.2) is 18.1 Å². The van der Waals surface area contributed by atoms with Gasteiger partial charge in [0.25, 0.3) is 10.0 Å². The Kier molecular flexibility index (Phi) is 2.76. The summed E-state index contributed by atoms with van der Waals surface area (Å²) in [5.74, 6) is 0. The van der Waals surface area contributed by atoms with Gasteiger partial charge in [0, 0.05) is 12.6 Å². The van der Waals surface area contributed by atoms with Crippen molar-refractivity contribution >= 4 is 21.6 Å². The van der Waals surface area contributed by atoms with E-state index in [1.807, 2.05) is 6.92 Å². The smallest absolute Gasteiger partial charge is 0.261 e. The molecule has 1 aliphatic rings. The molecule has 1 heterocycles. The highest BCUT2D eigenvalue weighted by atomic mass is 35.5. The van der Waals surface area contributed by atoms with Crippen LogP contribution in [0.3, 0.4) is 0 Å². The second kappa shape index (κ2) is 3.72. The molecule has 16 heavy (non-hydrogen) atoms. The highest BCUT2D eigenvalue weighted by Crippen LogP contribution is 2.33. The molecule has 0 bridgehead atoms. The van der Waals surface area contributed by atoms with Crippen molar-refractivity contribution in [3.63, 3.8) is 0 Å². The van der Waals surface area contributed by atoms with Gasteiger partial charge in [-0.3, -0.25) is 0 Å². The molecule has 1 fully saturated rings. The summed E-state index contributed by atoms with van der Waals surface area (Å²) in [6.07, 6.45) is 4.16. The molecule has 1 aromatic rings. The van der Waals surface area contributed by atoms with Gasteiger partial charge in [-0.05, 0) is 26.2 Å². The van der Waals surface area contributed by atoms with Gasteiger partial charge in [0.2, 0.25) is 5.03 Å². The lowest BCUT2D eigenvalue weighted by Crippen LogP contribution is -2.50. The van der Waals surface area contributed by atoms with Crippen LogP contribution in [0.15, 0.2) is 11.4 Å². The van der Waals surface area contributed by atoms with Crippen LogP contribution in [0, 0.1) is 0 Å². The molecule has 5 nitrogen and oxygen atoms in total. The first-order chi connectivity index (χ1) is 7.34. The van der Waals surface area contributed by atoms with Crippen LogP contribution in [0.1, 0.15) is 26.2 Å². The summed E-state index contributed by atoms with van der Waals surface area (Å²) in [6.45, 7) is 1.89. The third-order valence-electron chi connectivity index (χ3n) is 2.93. The van der Waals surface area contributed by atoms with Gasteiger partial charge in [0.1, 0.15) is 5.15 Å². The highest BCUT2D eigenvalue weighted by Gasteiger charge is 2.37. The molecule has 0 aliphatic heterocycles. The van der Waals surface area contributed by atoms with Crippen LogP contribution >= 0.6 is 11.6 Å². The lowest BCUT2D eigenvalue weighted by atomic mass is 9.80. The van der Waals surface area contributed by atoms with Crippen LogP contribution in [0.2, 0.25) is 5.15 Å². The van der Waals surface area contributed by atoms with Gasteiger partial charge in [0.15, 0.2) is 0 Å². The largest absolute Gasteiger partial charge is 0.324 e. The standard InChI is InChI=1S/C9H14ClN3O2S/c1-9(4-3-5-9)12-16(14,15)8-7(10)13(2)6-11-8/h6,12H,3-5H2,1-2H3. The molecule has 1 N–H and O–H groups in total. The van der Waals surface area contributed by atoms with Crippen molar-refractivity contribution in [2.45, 2.75) is 36.8 Å². The molecular weight excluding hydrogens is 250 g/mol. The van der Waals surface area contributed by atoms with Crippen molar-refractivity contribution < 1.29 is 8.42 Å². The SMILES string of the molecule is Cn1cnc(S(=O)(=O)NC2(C)CCC2)c1Cl. The fraction of sp³-hybridized carbons (Fsp3) is 0.667. The number of aryl methyl sites for hydroxylation is 1. The molecule has 1 saturated carbocycles. The van der Waals surface area contributed by atoms with Gasteiger partial charge in [-0.1, -0.05) is 11.6 Å². The minimum Gasteiger partial charge on any atom is -0.324 e. The second-order valence-electron chi connectivity index (χ2n) is 4.47. The van der Waals surface area contributed by atoms with E-state index in [4.69, 9.17) is 11.6 Å². The first-order valence-corrected chi connectivity index (χ1v) is 6.91. The molecule has 0 radical (unpaired) electrons. The van der Waals surface area contributed by atoms with Crippen molar-refractivity contribution in [1.82, 2.24) is 14.3 Å². The molecular formula is C9H14ClN3O2S. The Balaban J connectivity index is 2.29. The number of rotatable bonds is 3. The maximum absolute atomic E-state index is 12.0. The van der Waals surface area contributed by atoms with Crippen LogP contribution in [-0.2, 0) is 17.1 Å². The predicted octanol–water partition coefficient (Wildman–Crippen LogP) is 1.29. The highest BCUT2D eigenvalue weighted by molar-refractivity contribution is 7.89. The monoisotopic (exact) mass is 263 g/mol. The lowest BCUT2D eigenvalue weighted by molar-refractivity contribution is 0.247. The number of hydrogen-bond donors (Lipinski definition) is 1. The van der Waals surface area contributed by atoms with Gasteiger partial charge in [0.05, 0.1) is 6.33 Å². The van der Waals surface area contributed by atoms with Gasteiger partial charge < -0.3 is 4.57 Å². The summed E-state index contributed by atoms with van der Waals surface area (Å²) in [5.41, 5.74) is -0.334. The maximum atomic E-state index is 12.0. The summed E-state index contributed by atoms with van der Waals surface area (Å²) in [5, 5.41) is 0.0419. The Morgan fingerprint density at radius 2 is 2.19 bits per heavy atom. The molecule has 0 amide bonds. The van der Waals surface area contributed by atoms with Crippen molar-refractivity contribution in [3.8, 4) is 0 Å². The van der Waals surface area contributed by atoms with E-state index in [1.165, 1.54) is 10.9 Å². The number of halogens is 1. The predicted molar refractivity (Wildman–Crippen MR) is 60.8 cm³/mol. The second-order valence-corrected chi connectivity index (χ2v) is 6.43. The quantitative estimate of drug-likeness (QED) is 0.894. The summed E-state index contributed by atoms with van der Waals surface area (Å²) in [6, 6.07) is 0. The average molecular weight is 264 g/mol. The molecule has 0 aromatic carbocycles. The van der Waals surface area contributed by atoms with Crippen molar-refractivity contribution in [3.05, 3.63) is 11.5 Å². The molecule has 1 aromatic heterocycles. The van der Waals surface area contributed by atoms with Gasteiger partial charge in [-0.15, -0.1) is 0 Å². The Morgan fingerprint density at radius 1 is 1.56 bits per heavy atom. The molecule has 1 aliphatic carbocycles. The molecule has 0 spiro atoms. The molecule has 0 unspecified atom stereocenters. The van der Waals surface area contributed by atoms with Crippen molar-refractivity contribution in [1.29, 1.82) is 0 Å². The zero-order valence-corrected chi connectivity index (χ0v) is 10.8. The molecule has 90 valence electrons. The summed E-state index contributed by atoms with van der Waals surface area (Å²) in [7, 11) is -1.95. The zero-order chi connectivity index (χ0) is 12.0. The molecule has 7 heteroatoms. The number of nitrogens with zero attached hydrogens (tertiary/aromatic N) is 2. The summed E-state index contributed by atoms with van der Waals surface area (Å²) in [4.78, 5) is 3.81. The Labute approximate surface area is 99.9 Å². The van der Waals surface area contributed by atoms with E-state index in [-0.39, 0.29) is 15.7 Å².